The number of carbonyl (C=O) groups is 1. The van der Waals surface area contributed by atoms with E-state index in [2.05, 4.69) is 9.97 Å². The third-order valence-electron chi connectivity index (χ3n) is 8.54. The molecule has 0 unspecified atom stereocenters. The largest absolute Gasteiger partial charge is 0.478 e. The number of nitrogens with zero attached hydrogens (tertiary/aromatic N) is 4. The third kappa shape index (κ3) is 8.45. The molecule has 1 saturated heterocycles. The van der Waals surface area contributed by atoms with Crippen molar-refractivity contribution in [1.29, 1.82) is 0 Å². The predicted octanol–water partition coefficient (Wildman–Crippen LogP) is 9.62. The Morgan fingerprint density at radius 2 is 1.43 bits per heavy atom. The van der Waals surface area contributed by atoms with Gasteiger partial charge in [0.25, 0.3) is 0 Å². The first-order valence-corrected chi connectivity index (χ1v) is 15.8. The van der Waals surface area contributed by atoms with Crippen LogP contribution in [0.25, 0.3) is 0 Å². The Balaban J connectivity index is 1.32. The van der Waals surface area contributed by atoms with Crippen molar-refractivity contribution >= 4 is 29.0 Å². The van der Waals surface area contributed by atoms with E-state index in [9.17, 15) is 49.4 Å². The molecule has 0 saturated carbocycles. The number of H-pyrrole nitrogens is 1. The summed E-state index contributed by atoms with van der Waals surface area (Å²) >= 11 is 0. The van der Waals surface area contributed by atoms with Crippen LogP contribution in [0.2, 0.25) is 0 Å². The molecule has 6 rings (SSSR count). The van der Waals surface area contributed by atoms with Crippen molar-refractivity contribution in [2.75, 3.05) is 40.9 Å². The fourth-order valence-electron chi connectivity index (χ4n) is 5.91. The zero-order valence-electron chi connectivity index (χ0n) is 27.2. The summed E-state index contributed by atoms with van der Waals surface area (Å²) in [5.74, 6) is -1.18. The summed E-state index contributed by atoms with van der Waals surface area (Å²) < 4.78 is 131. The summed E-state index contributed by atoms with van der Waals surface area (Å²) in [5, 5.41) is 9.19. The second-order valence-electron chi connectivity index (χ2n) is 12.0. The molecule has 0 spiro atoms. The van der Waals surface area contributed by atoms with Crippen molar-refractivity contribution in [2.24, 2.45) is 0 Å². The lowest BCUT2D eigenvalue weighted by Gasteiger charge is -2.38. The summed E-state index contributed by atoms with van der Waals surface area (Å²) in [6, 6.07) is 15.9. The number of carboxylic acids is 1. The standard InChI is InChI=1S/C36H28F9N5O3/c37-34(38,39)24-2-1-3-26(19-24)48-14-16-49(17-15-48)30-10-7-27(20-29(30)36(43,44)45)50(33-46-12-13-47-33)21-23-18-25(35(40,41)42)6-11-31(23)53-28-8-4-22(5-9-28)32(51)52/h1-13,18-20H,14-17,21H2,(H,46,47)(H,51,52). The second-order valence-corrected chi connectivity index (χ2v) is 12.0. The molecule has 1 aliphatic heterocycles. The molecule has 8 nitrogen and oxygen atoms in total. The average molecular weight is 750 g/mol. The van der Waals surface area contributed by atoms with Crippen LogP contribution in [0.3, 0.4) is 0 Å². The van der Waals surface area contributed by atoms with Crippen LogP contribution in [0.5, 0.6) is 11.5 Å². The molecule has 4 aromatic carbocycles. The van der Waals surface area contributed by atoms with E-state index in [4.69, 9.17) is 4.74 Å². The van der Waals surface area contributed by atoms with Gasteiger partial charge in [0.05, 0.1) is 28.8 Å². The lowest BCUT2D eigenvalue weighted by atomic mass is 10.1. The number of piperazine rings is 1. The summed E-state index contributed by atoms with van der Waals surface area (Å²) in [6.07, 6.45) is -11.5. The van der Waals surface area contributed by atoms with Crippen molar-refractivity contribution in [3.63, 3.8) is 0 Å². The van der Waals surface area contributed by atoms with Gasteiger partial charge in [-0.2, -0.15) is 39.5 Å². The minimum Gasteiger partial charge on any atom is -0.478 e. The first-order valence-electron chi connectivity index (χ1n) is 15.8. The van der Waals surface area contributed by atoms with E-state index in [-0.39, 0.29) is 71.8 Å². The fourth-order valence-corrected chi connectivity index (χ4v) is 5.91. The van der Waals surface area contributed by atoms with Gasteiger partial charge in [0, 0.05) is 61.2 Å². The number of benzene rings is 4. The van der Waals surface area contributed by atoms with Gasteiger partial charge in [0.15, 0.2) is 0 Å². The van der Waals surface area contributed by atoms with Gasteiger partial charge in [-0.1, -0.05) is 6.07 Å². The number of halogens is 9. The zero-order valence-corrected chi connectivity index (χ0v) is 27.2. The number of carboxylic acid groups (broad SMARTS) is 1. The molecule has 2 heterocycles. The number of rotatable bonds is 9. The number of alkyl halides is 9. The number of imidazole rings is 1. The maximum atomic E-state index is 14.7. The van der Waals surface area contributed by atoms with Crippen molar-refractivity contribution in [1.82, 2.24) is 9.97 Å². The van der Waals surface area contributed by atoms with Crippen molar-refractivity contribution in [3.05, 3.63) is 125 Å². The van der Waals surface area contributed by atoms with Crippen LogP contribution in [-0.4, -0.2) is 47.2 Å². The molecule has 1 aliphatic rings. The Hall–Kier alpha value is -5.87. The van der Waals surface area contributed by atoms with Crippen LogP contribution in [0.1, 0.15) is 32.6 Å². The van der Waals surface area contributed by atoms with Crippen molar-refractivity contribution in [2.45, 2.75) is 25.1 Å². The normalized spacial score (nSPS) is 14.0. The van der Waals surface area contributed by atoms with Gasteiger partial charge in [0.1, 0.15) is 11.5 Å². The minimum atomic E-state index is -4.88. The monoisotopic (exact) mass is 749 g/mol. The Morgan fingerprint density at radius 1 is 0.774 bits per heavy atom. The molecule has 0 amide bonds. The quantitative estimate of drug-likeness (QED) is 0.145. The van der Waals surface area contributed by atoms with Crippen LogP contribution in [0.4, 0.5) is 62.5 Å². The first-order chi connectivity index (χ1) is 25.0. The highest BCUT2D eigenvalue weighted by Crippen LogP contribution is 2.42. The van der Waals surface area contributed by atoms with E-state index in [0.717, 1.165) is 36.4 Å². The van der Waals surface area contributed by atoms with Crippen molar-refractivity contribution < 1.29 is 54.2 Å². The molecule has 5 aromatic rings. The number of aromatic carboxylic acids is 1. The van der Waals surface area contributed by atoms with Crippen molar-refractivity contribution in [3.8, 4) is 11.5 Å². The number of nitrogens with one attached hydrogen (secondary N) is 1. The topological polar surface area (TPSA) is 84.9 Å². The SMILES string of the molecule is O=C(O)c1ccc(Oc2ccc(C(F)(F)F)cc2CN(c2ccc(N3CCN(c4cccc(C(F)(F)F)c4)CC3)c(C(F)(F)F)c2)c2ncc[nH]2)cc1. The highest BCUT2D eigenvalue weighted by molar-refractivity contribution is 5.87. The molecule has 17 heteroatoms. The smallest absolute Gasteiger partial charge is 0.418 e. The molecule has 278 valence electrons. The molecule has 0 atom stereocenters. The maximum absolute atomic E-state index is 14.7. The Morgan fingerprint density at radius 3 is 2.04 bits per heavy atom. The summed E-state index contributed by atoms with van der Waals surface area (Å²) in [7, 11) is 0. The van der Waals surface area contributed by atoms with E-state index in [1.807, 2.05) is 0 Å². The minimum absolute atomic E-state index is 0.00903. The van der Waals surface area contributed by atoms with Crippen LogP contribution in [-0.2, 0) is 25.1 Å². The molecule has 0 aliphatic carbocycles. The van der Waals surface area contributed by atoms with Gasteiger partial charge < -0.3 is 29.5 Å². The maximum Gasteiger partial charge on any atom is 0.418 e. The third-order valence-corrected chi connectivity index (χ3v) is 8.54. The van der Waals surface area contributed by atoms with Gasteiger partial charge in [0.2, 0.25) is 5.95 Å². The van der Waals surface area contributed by atoms with Gasteiger partial charge in [-0.3, -0.25) is 0 Å². The Labute approximate surface area is 295 Å². The first kappa shape index (κ1) is 36.9. The highest BCUT2D eigenvalue weighted by Gasteiger charge is 2.37. The second kappa shape index (κ2) is 14.3. The van der Waals surface area contributed by atoms with E-state index < -0.39 is 47.7 Å². The predicted molar refractivity (Wildman–Crippen MR) is 177 cm³/mol. The number of anilines is 4. The molecular weight excluding hydrogens is 721 g/mol. The van der Waals surface area contributed by atoms with Crippen LogP contribution in [0.15, 0.2) is 97.3 Å². The van der Waals surface area contributed by atoms with E-state index in [1.165, 1.54) is 70.7 Å². The summed E-state index contributed by atoms with van der Waals surface area (Å²) in [5.41, 5.74) is -3.04. The molecule has 1 fully saturated rings. The van der Waals surface area contributed by atoms with Gasteiger partial charge in [-0.25, -0.2) is 9.78 Å². The Kier molecular flexibility index (Phi) is 9.94. The molecule has 0 bridgehead atoms. The average Bonchev–Trinajstić information content (AvgIpc) is 3.65. The van der Waals surface area contributed by atoms with E-state index >= 15 is 0 Å². The van der Waals surface area contributed by atoms with Gasteiger partial charge in [-0.05, 0) is 78.9 Å². The van der Waals surface area contributed by atoms with Crippen LogP contribution in [0, 0.1) is 0 Å². The van der Waals surface area contributed by atoms with Gasteiger partial charge >= 0.3 is 24.5 Å². The number of ether oxygens (including phenoxy) is 1. The fraction of sp³-hybridized carbons (Fsp3) is 0.222. The van der Waals surface area contributed by atoms with Crippen LogP contribution < -0.4 is 19.4 Å². The number of aromatic nitrogens is 2. The zero-order chi connectivity index (χ0) is 38.1. The van der Waals surface area contributed by atoms with E-state index in [1.54, 1.807) is 4.90 Å². The Bertz CT molecular complexity index is 2060. The number of hydrogen-bond acceptors (Lipinski definition) is 6. The highest BCUT2D eigenvalue weighted by atomic mass is 19.4. The van der Waals surface area contributed by atoms with E-state index in [0.29, 0.717) is 0 Å². The number of aromatic amines is 1. The van der Waals surface area contributed by atoms with Gasteiger partial charge in [-0.15, -0.1) is 0 Å². The lowest BCUT2D eigenvalue weighted by Crippen LogP contribution is -2.47. The molecule has 53 heavy (non-hydrogen) atoms. The molecule has 2 N–H and O–H groups in total. The number of hydrogen-bond donors (Lipinski definition) is 2. The summed E-state index contributed by atoms with van der Waals surface area (Å²) in [6.45, 7) is -0.0728. The lowest BCUT2D eigenvalue weighted by molar-refractivity contribution is -0.138. The van der Waals surface area contributed by atoms with Crippen LogP contribution >= 0.6 is 0 Å². The molecular formula is C36H28F9N5O3. The molecule has 1 aromatic heterocycles. The molecule has 0 radical (unpaired) electrons. The summed E-state index contributed by atoms with van der Waals surface area (Å²) in [4.78, 5) is 22.6.